The molecule has 2 fully saturated rings. The highest BCUT2D eigenvalue weighted by Crippen LogP contribution is 2.57. The number of fused-ring (bicyclic) bond motifs is 2. The van der Waals surface area contributed by atoms with Gasteiger partial charge in [0, 0.05) is 12.6 Å². The van der Waals surface area contributed by atoms with Crippen LogP contribution in [0.1, 0.15) is 45.1 Å². The van der Waals surface area contributed by atoms with E-state index in [1.54, 1.807) is 7.11 Å². The van der Waals surface area contributed by atoms with Gasteiger partial charge in [-0.2, -0.15) is 0 Å². The van der Waals surface area contributed by atoms with Gasteiger partial charge in [0.15, 0.2) is 0 Å². The average Bonchev–Trinajstić information content (AvgIpc) is 3.07. The van der Waals surface area contributed by atoms with Gasteiger partial charge in [-0.15, -0.1) is 0 Å². The Morgan fingerprint density at radius 1 is 1.29 bits per heavy atom. The van der Waals surface area contributed by atoms with E-state index in [0.29, 0.717) is 11.5 Å². The maximum Gasteiger partial charge on any atom is 0.122 e. The molecule has 2 aliphatic carbocycles. The van der Waals surface area contributed by atoms with Crippen LogP contribution in [0.15, 0.2) is 24.3 Å². The quantitative estimate of drug-likeness (QED) is 0.852. The fourth-order valence-corrected chi connectivity index (χ4v) is 4.69. The maximum absolute atomic E-state index is 5.59. The number of rotatable bonds is 6. The molecule has 0 heterocycles. The van der Waals surface area contributed by atoms with Crippen molar-refractivity contribution < 1.29 is 4.74 Å². The molecule has 3 rings (SSSR count). The Kier molecular flexibility index (Phi) is 4.26. The minimum absolute atomic E-state index is 0.446. The third-order valence-corrected chi connectivity index (χ3v) is 5.70. The highest BCUT2D eigenvalue weighted by atomic mass is 16.5. The maximum atomic E-state index is 5.59. The van der Waals surface area contributed by atoms with Crippen LogP contribution in [0.2, 0.25) is 0 Å². The molecule has 0 amide bonds. The third-order valence-electron chi connectivity index (χ3n) is 5.70. The Labute approximate surface area is 129 Å². The molecule has 21 heavy (non-hydrogen) atoms. The first-order valence-corrected chi connectivity index (χ1v) is 8.48. The molecule has 0 aliphatic heterocycles. The van der Waals surface area contributed by atoms with Crippen LogP contribution in [-0.4, -0.2) is 19.7 Å². The smallest absolute Gasteiger partial charge is 0.122 e. The largest absolute Gasteiger partial charge is 0.496 e. The number of ether oxygens (including phenoxy) is 1. The van der Waals surface area contributed by atoms with Gasteiger partial charge in [-0.25, -0.2) is 0 Å². The van der Waals surface area contributed by atoms with E-state index in [1.807, 2.05) is 0 Å². The van der Waals surface area contributed by atoms with E-state index in [2.05, 4.69) is 43.4 Å². The molecule has 1 aromatic carbocycles. The van der Waals surface area contributed by atoms with Gasteiger partial charge in [0.25, 0.3) is 0 Å². The van der Waals surface area contributed by atoms with Crippen LogP contribution in [0, 0.1) is 17.3 Å². The lowest BCUT2D eigenvalue weighted by molar-refractivity contribution is 0.151. The summed E-state index contributed by atoms with van der Waals surface area (Å²) < 4.78 is 5.59. The Balaban J connectivity index is 1.82. The molecule has 3 atom stereocenters. The van der Waals surface area contributed by atoms with Crippen molar-refractivity contribution in [3.8, 4) is 5.75 Å². The fourth-order valence-electron chi connectivity index (χ4n) is 4.69. The first-order chi connectivity index (χ1) is 10.1. The summed E-state index contributed by atoms with van der Waals surface area (Å²) >= 11 is 0. The van der Waals surface area contributed by atoms with Crippen molar-refractivity contribution in [2.24, 2.45) is 17.3 Å². The predicted octanol–water partition coefficient (Wildman–Crippen LogP) is 4.04. The van der Waals surface area contributed by atoms with E-state index in [4.69, 9.17) is 4.74 Å². The minimum Gasteiger partial charge on any atom is -0.496 e. The first kappa shape index (κ1) is 14.9. The van der Waals surface area contributed by atoms with Crippen LogP contribution in [-0.2, 0) is 6.42 Å². The molecule has 0 aromatic heterocycles. The first-order valence-electron chi connectivity index (χ1n) is 8.48. The molecule has 1 N–H and O–H groups in total. The lowest BCUT2D eigenvalue weighted by Gasteiger charge is -2.39. The molecule has 116 valence electrons. The molecular weight excluding hydrogens is 258 g/mol. The van der Waals surface area contributed by atoms with E-state index in [-0.39, 0.29) is 0 Å². The van der Waals surface area contributed by atoms with Gasteiger partial charge >= 0.3 is 0 Å². The summed E-state index contributed by atoms with van der Waals surface area (Å²) in [7, 11) is 1.79. The van der Waals surface area contributed by atoms with Crippen molar-refractivity contribution >= 4 is 0 Å². The van der Waals surface area contributed by atoms with E-state index >= 15 is 0 Å². The fraction of sp³-hybridized carbons (Fsp3) is 0.684. The summed E-state index contributed by atoms with van der Waals surface area (Å²) in [6.07, 6.45) is 6.90. The molecule has 2 nitrogen and oxygen atoms in total. The van der Waals surface area contributed by atoms with Gasteiger partial charge in [0.2, 0.25) is 0 Å². The molecule has 2 saturated carbocycles. The summed E-state index contributed by atoms with van der Waals surface area (Å²) in [5.74, 6) is 2.93. The van der Waals surface area contributed by atoms with Gasteiger partial charge < -0.3 is 10.1 Å². The van der Waals surface area contributed by atoms with Gasteiger partial charge in [-0.1, -0.05) is 38.5 Å². The minimum atomic E-state index is 0.446. The highest BCUT2D eigenvalue weighted by molar-refractivity contribution is 5.34. The Morgan fingerprint density at radius 2 is 2.10 bits per heavy atom. The second-order valence-corrected chi connectivity index (χ2v) is 7.47. The van der Waals surface area contributed by atoms with Gasteiger partial charge in [0.05, 0.1) is 7.11 Å². The monoisotopic (exact) mass is 287 g/mol. The molecule has 0 radical (unpaired) electrons. The second kappa shape index (κ2) is 6.00. The summed E-state index contributed by atoms with van der Waals surface area (Å²) in [6, 6.07) is 9.14. The van der Waals surface area contributed by atoms with Gasteiger partial charge in [-0.3, -0.25) is 0 Å². The predicted molar refractivity (Wildman–Crippen MR) is 87.7 cm³/mol. The SMILES string of the molecule is COc1ccccc1CC1(CNC(C)C)CC2CCC1C2. The lowest BCUT2D eigenvalue weighted by atomic mass is 9.69. The normalized spacial score (nSPS) is 31.0. The third kappa shape index (κ3) is 2.96. The molecule has 0 spiro atoms. The number of hydrogen-bond acceptors (Lipinski definition) is 2. The summed E-state index contributed by atoms with van der Waals surface area (Å²) in [6.45, 7) is 5.66. The van der Waals surface area contributed by atoms with Crippen LogP contribution >= 0.6 is 0 Å². The van der Waals surface area contributed by atoms with Crippen molar-refractivity contribution in [1.29, 1.82) is 0 Å². The van der Waals surface area contributed by atoms with Crippen molar-refractivity contribution in [3.05, 3.63) is 29.8 Å². The van der Waals surface area contributed by atoms with Crippen LogP contribution in [0.4, 0.5) is 0 Å². The summed E-state index contributed by atoms with van der Waals surface area (Å²) in [5, 5.41) is 3.73. The number of benzene rings is 1. The second-order valence-electron chi connectivity index (χ2n) is 7.47. The zero-order chi connectivity index (χ0) is 14.9. The zero-order valence-electron chi connectivity index (χ0n) is 13.7. The van der Waals surface area contributed by atoms with Crippen LogP contribution in [0.5, 0.6) is 5.75 Å². The van der Waals surface area contributed by atoms with Crippen LogP contribution in [0.25, 0.3) is 0 Å². The molecule has 1 aromatic rings. The van der Waals surface area contributed by atoms with E-state index in [0.717, 1.165) is 30.6 Å². The zero-order valence-corrected chi connectivity index (χ0v) is 13.7. The van der Waals surface area contributed by atoms with Gasteiger partial charge in [-0.05, 0) is 54.6 Å². The van der Waals surface area contributed by atoms with Crippen molar-refractivity contribution in [2.75, 3.05) is 13.7 Å². The highest BCUT2D eigenvalue weighted by Gasteiger charge is 2.50. The summed E-state index contributed by atoms with van der Waals surface area (Å²) in [5.41, 5.74) is 1.83. The molecule has 2 heteroatoms. The standard InChI is InChI=1S/C19H29NO/c1-14(2)20-13-19(11-15-8-9-17(19)10-15)12-16-6-4-5-7-18(16)21-3/h4-7,14-15,17,20H,8-13H2,1-3H3. The molecular formula is C19H29NO. The Bertz CT molecular complexity index is 484. The molecule has 3 unspecified atom stereocenters. The van der Waals surface area contributed by atoms with Crippen molar-refractivity contribution in [2.45, 2.75) is 52.0 Å². The van der Waals surface area contributed by atoms with E-state index in [1.165, 1.54) is 31.2 Å². The molecule has 2 aliphatic rings. The number of hydrogen-bond donors (Lipinski definition) is 1. The molecule has 0 saturated heterocycles. The van der Waals surface area contributed by atoms with Crippen LogP contribution < -0.4 is 10.1 Å². The van der Waals surface area contributed by atoms with E-state index in [9.17, 15) is 0 Å². The van der Waals surface area contributed by atoms with Gasteiger partial charge in [0.1, 0.15) is 5.75 Å². The Morgan fingerprint density at radius 3 is 2.71 bits per heavy atom. The molecule has 2 bridgehead atoms. The Hall–Kier alpha value is -1.02. The van der Waals surface area contributed by atoms with Crippen molar-refractivity contribution in [3.63, 3.8) is 0 Å². The van der Waals surface area contributed by atoms with E-state index < -0.39 is 0 Å². The average molecular weight is 287 g/mol. The van der Waals surface area contributed by atoms with Crippen LogP contribution in [0.3, 0.4) is 0 Å². The number of methoxy groups -OCH3 is 1. The van der Waals surface area contributed by atoms with Crippen molar-refractivity contribution in [1.82, 2.24) is 5.32 Å². The summed E-state index contributed by atoms with van der Waals surface area (Å²) in [4.78, 5) is 0. The lowest BCUT2D eigenvalue weighted by Crippen LogP contribution is -2.42. The number of para-hydroxylation sites is 1. The topological polar surface area (TPSA) is 21.3 Å². The number of nitrogens with one attached hydrogen (secondary N) is 1.